The van der Waals surface area contributed by atoms with Gasteiger partial charge in [-0.3, -0.25) is 0 Å². The van der Waals surface area contributed by atoms with Crippen LogP contribution in [0.4, 0.5) is 0 Å². The number of aromatic nitrogens is 2. The van der Waals surface area contributed by atoms with Crippen molar-refractivity contribution < 1.29 is 0 Å². The Bertz CT molecular complexity index is 1140. The first-order valence-electron chi connectivity index (χ1n) is 9.62. The Labute approximate surface area is 188 Å². The summed E-state index contributed by atoms with van der Waals surface area (Å²) in [7, 11) is 0. The van der Waals surface area contributed by atoms with E-state index in [0.717, 1.165) is 38.6 Å². The minimum atomic E-state index is 0.763. The van der Waals surface area contributed by atoms with Gasteiger partial charge < -0.3 is 0 Å². The molecule has 0 unspecified atom stereocenters. The van der Waals surface area contributed by atoms with Crippen molar-refractivity contribution in [1.29, 1.82) is 0 Å². The number of nitrogens with zero attached hydrogens (tertiary/aromatic N) is 2. The van der Waals surface area contributed by atoms with Crippen LogP contribution in [-0.4, -0.2) is 9.97 Å². The fraction of sp³-hybridized carbons (Fsp3) is 0.217. The molecule has 2 aromatic carbocycles. The molecule has 0 fully saturated rings. The Morgan fingerprint density at radius 2 is 1.72 bits per heavy atom. The summed E-state index contributed by atoms with van der Waals surface area (Å²) < 4.78 is 0. The molecule has 0 radical (unpaired) electrons. The molecule has 0 N–H and O–H groups in total. The summed E-state index contributed by atoms with van der Waals surface area (Å²) in [5, 5.41) is 3.22. The average Bonchev–Trinajstić information content (AvgIpc) is 3.33. The van der Waals surface area contributed by atoms with E-state index in [1.165, 1.54) is 39.1 Å². The van der Waals surface area contributed by atoms with Crippen LogP contribution in [0.3, 0.4) is 0 Å². The number of thioether (sulfide) groups is 2. The molecule has 1 aliphatic rings. The van der Waals surface area contributed by atoms with Crippen LogP contribution in [0.5, 0.6) is 0 Å². The summed E-state index contributed by atoms with van der Waals surface area (Å²) in [5.41, 5.74) is 2.82. The van der Waals surface area contributed by atoms with Crippen molar-refractivity contribution in [3.05, 3.63) is 81.4 Å². The van der Waals surface area contributed by atoms with Crippen LogP contribution in [0, 0.1) is 0 Å². The van der Waals surface area contributed by atoms with Gasteiger partial charge in [0.1, 0.15) is 15.7 Å². The van der Waals surface area contributed by atoms with Crippen LogP contribution in [0.2, 0.25) is 5.02 Å². The third-order valence-corrected chi connectivity index (χ3v) is 8.47. The minimum absolute atomic E-state index is 0.763. The van der Waals surface area contributed by atoms with Crippen molar-refractivity contribution in [3.8, 4) is 0 Å². The van der Waals surface area contributed by atoms with Crippen LogP contribution < -0.4 is 0 Å². The quantitative estimate of drug-likeness (QED) is 0.223. The van der Waals surface area contributed by atoms with Crippen molar-refractivity contribution in [3.63, 3.8) is 0 Å². The Hall–Kier alpha value is -1.53. The zero-order valence-corrected chi connectivity index (χ0v) is 18.9. The fourth-order valence-electron chi connectivity index (χ4n) is 3.58. The fourth-order valence-corrected chi connectivity index (χ4v) is 6.83. The topological polar surface area (TPSA) is 25.8 Å². The van der Waals surface area contributed by atoms with Gasteiger partial charge in [0.05, 0.1) is 5.75 Å². The van der Waals surface area contributed by atoms with Crippen molar-refractivity contribution in [1.82, 2.24) is 9.97 Å². The van der Waals surface area contributed by atoms with Gasteiger partial charge in [-0.15, -0.1) is 34.9 Å². The number of benzene rings is 2. The molecule has 0 saturated heterocycles. The number of hydrogen-bond acceptors (Lipinski definition) is 5. The molecule has 0 bridgehead atoms. The molecule has 0 amide bonds. The molecule has 1 aliphatic carbocycles. The zero-order valence-electron chi connectivity index (χ0n) is 15.7. The third kappa shape index (κ3) is 4.33. The predicted molar refractivity (Wildman–Crippen MR) is 126 cm³/mol. The van der Waals surface area contributed by atoms with E-state index >= 15 is 0 Å². The maximum Gasteiger partial charge on any atom is 0.141 e. The highest BCUT2D eigenvalue weighted by molar-refractivity contribution is 7.99. The van der Waals surface area contributed by atoms with E-state index in [-0.39, 0.29) is 0 Å². The summed E-state index contributed by atoms with van der Waals surface area (Å²) in [4.78, 5) is 13.8. The van der Waals surface area contributed by atoms with Crippen LogP contribution in [0.25, 0.3) is 10.2 Å². The van der Waals surface area contributed by atoms with E-state index in [4.69, 9.17) is 21.6 Å². The lowest BCUT2D eigenvalue weighted by molar-refractivity contribution is 0.913. The molecule has 4 aromatic rings. The highest BCUT2D eigenvalue weighted by Crippen LogP contribution is 2.41. The Kier molecular flexibility index (Phi) is 5.82. The molecule has 2 aromatic heterocycles. The van der Waals surface area contributed by atoms with Gasteiger partial charge in [-0.05, 0) is 54.7 Å². The van der Waals surface area contributed by atoms with E-state index in [1.54, 1.807) is 11.8 Å². The molecule has 0 saturated carbocycles. The molecule has 0 spiro atoms. The molecular formula is C23H19ClN2S3. The zero-order chi connectivity index (χ0) is 19.6. The second-order valence-corrected chi connectivity index (χ2v) is 10.5. The SMILES string of the molecule is Clc1ccc(SCc2nc(SCc3ccccc3)c3c4c(sc3n2)CCC4)cc1. The summed E-state index contributed by atoms with van der Waals surface area (Å²) >= 11 is 11.5. The molecular weight excluding hydrogens is 436 g/mol. The van der Waals surface area contributed by atoms with Gasteiger partial charge in [0.25, 0.3) is 0 Å². The summed E-state index contributed by atoms with van der Waals surface area (Å²) in [6, 6.07) is 18.6. The molecule has 5 rings (SSSR count). The molecule has 0 atom stereocenters. The van der Waals surface area contributed by atoms with Crippen LogP contribution in [-0.2, 0) is 24.3 Å². The number of halogens is 1. The van der Waals surface area contributed by atoms with Crippen molar-refractivity contribution in [2.24, 2.45) is 0 Å². The van der Waals surface area contributed by atoms with Gasteiger partial charge in [0.2, 0.25) is 0 Å². The van der Waals surface area contributed by atoms with Crippen LogP contribution in [0.1, 0.15) is 28.2 Å². The summed E-state index contributed by atoms with van der Waals surface area (Å²) in [6.45, 7) is 0. The lowest BCUT2D eigenvalue weighted by Gasteiger charge is -2.08. The maximum atomic E-state index is 6.00. The summed E-state index contributed by atoms with van der Waals surface area (Å²) in [5.74, 6) is 2.60. The molecule has 2 nitrogen and oxygen atoms in total. The molecule has 2 heterocycles. The number of fused-ring (bicyclic) bond motifs is 3. The first-order valence-corrected chi connectivity index (χ1v) is 12.8. The summed E-state index contributed by atoms with van der Waals surface area (Å²) in [6.07, 6.45) is 3.61. The molecule has 0 aliphatic heterocycles. The highest BCUT2D eigenvalue weighted by atomic mass is 35.5. The first kappa shape index (κ1) is 19.4. The first-order chi connectivity index (χ1) is 14.3. The molecule has 6 heteroatoms. The average molecular weight is 455 g/mol. The molecule has 146 valence electrons. The van der Waals surface area contributed by atoms with E-state index in [0.29, 0.717) is 0 Å². The largest absolute Gasteiger partial charge is 0.225 e. The van der Waals surface area contributed by atoms with Crippen molar-refractivity contribution in [2.75, 3.05) is 0 Å². The predicted octanol–water partition coefficient (Wildman–Crippen LogP) is 7.42. The standard InChI is InChI=1S/C23H19ClN2S3/c24-16-9-11-17(12-10-16)27-14-20-25-22(28-13-15-5-2-1-3-6-15)21-18-7-4-8-19(18)29-23(21)26-20/h1-3,5-6,9-12H,4,7-8,13-14H2. The van der Waals surface area contributed by atoms with Gasteiger partial charge in [0, 0.05) is 25.9 Å². The van der Waals surface area contributed by atoms with Crippen molar-refractivity contribution in [2.45, 2.75) is 40.7 Å². The normalized spacial score (nSPS) is 13.1. The Balaban J connectivity index is 1.44. The second-order valence-electron chi connectivity index (χ2n) is 7.00. The van der Waals surface area contributed by atoms with E-state index in [1.807, 2.05) is 35.2 Å². The highest BCUT2D eigenvalue weighted by Gasteiger charge is 2.22. The van der Waals surface area contributed by atoms with Crippen molar-refractivity contribution >= 4 is 56.7 Å². The Morgan fingerprint density at radius 1 is 0.897 bits per heavy atom. The Morgan fingerprint density at radius 3 is 2.55 bits per heavy atom. The second kappa shape index (κ2) is 8.68. The van der Waals surface area contributed by atoms with Gasteiger partial charge in [-0.1, -0.05) is 41.9 Å². The monoisotopic (exact) mass is 454 g/mol. The van der Waals surface area contributed by atoms with Crippen LogP contribution >= 0.6 is 46.5 Å². The number of thiophene rings is 1. The minimum Gasteiger partial charge on any atom is -0.225 e. The number of rotatable bonds is 6. The number of hydrogen-bond donors (Lipinski definition) is 0. The smallest absolute Gasteiger partial charge is 0.141 e. The maximum absolute atomic E-state index is 6.00. The van der Waals surface area contributed by atoms with Gasteiger partial charge >= 0.3 is 0 Å². The van der Waals surface area contributed by atoms with Gasteiger partial charge in [0.15, 0.2) is 0 Å². The third-order valence-electron chi connectivity index (χ3n) is 4.98. The van der Waals surface area contributed by atoms with Gasteiger partial charge in [-0.25, -0.2) is 9.97 Å². The van der Waals surface area contributed by atoms with E-state index in [9.17, 15) is 0 Å². The number of aryl methyl sites for hydroxylation is 2. The lowest BCUT2D eigenvalue weighted by Crippen LogP contribution is -1.96. The van der Waals surface area contributed by atoms with E-state index < -0.39 is 0 Å². The molecule has 29 heavy (non-hydrogen) atoms. The lowest BCUT2D eigenvalue weighted by atomic mass is 10.2. The van der Waals surface area contributed by atoms with Crippen LogP contribution in [0.15, 0.2) is 64.5 Å². The van der Waals surface area contributed by atoms with Gasteiger partial charge in [-0.2, -0.15) is 0 Å². The van der Waals surface area contributed by atoms with E-state index in [2.05, 4.69) is 42.5 Å².